The average molecular weight is 472 g/mol. The van der Waals surface area contributed by atoms with Crippen LogP contribution >= 0.6 is 15.9 Å². The van der Waals surface area contributed by atoms with E-state index in [-0.39, 0.29) is 11.3 Å². The van der Waals surface area contributed by atoms with Crippen molar-refractivity contribution in [1.29, 1.82) is 0 Å². The van der Waals surface area contributed by atoms with E-state index in [9.17, 15) is 4.79 Å². The number of amides is 1. The standard InChI is InChI=1S/C25H30BrNO3/c1-29-22-6-4-5-20(17-22)25(11-2-3-12-25)23(28)27-18-24(13-15-30-16-14-24)19-7-9-21(26)10-8-19/h4-10,17H,2-3,11-16,18H2,1H3,(H,27,28). The zero-order chi connectivity index (χ0) is 21.0. The fraction of sp³-hybridized carbons (Fsp3) is 0.480. The van der Waals surface area contributed by atoms with Crippen molar-refractivity contribution in [1.82, 2.24) is 5.32 Å². The lowest BCUT2D eigenvalue weighted by Gasteiger charge is -2.39. The van der Waals surface area contributed by atoms with Crippen molar-refractivity contribution in [2.75, 3.05) is 26.9 Å². The van der Waals surface area contributed by atoms with Gasteiger partial charge in [0.25, 0.3) is 0 Å². The SMILES string of the molecule is COc1cccc(C2(C(=O)NCC3(c4ccc(Br)cc4)CCOCC3)CCCC2)c1. The Morgan fingerprint density at radius 3 is 2.40 bits per heavy atom. The Hall–Kier alpha value is -1.85. The summed E-state index contributed by atoms with van der Waals surface area (Å²) in [5, 5.41) is 3.38. The normalized spacial score (nSPS) is 19.9. The van der Waals surface area contributed by atoms with Gasteiger partial charge in [-0.15, -0.1) is 0 Å². The number of nitrogens with one attached hydrogen (secondary N) is 1. The molecule has 160 valence electrons. The first kappa shape index (κ1) is 21.4. The van der Waals surface area contributed by atoms with Gasteiger partial charge in [-0.2, -0.15) is 0 Å². The Labute approximate surface area is 187 Å². The number of carbonyl (C=O) groups is 1. The van der Waals surface area contributed by atoms with Gasteiger partial charge in [-0.1, -0.05) is 53.0 Å². The van der Waals surface area contributed by atoms with E-state index in [2.05, 4.69) is 51.6 Å². The zero-order valence-electron chi connectivity index (χ0n) is 17.6. The quantitative estimate of drug-likeness (QED) is 0.634. The van der Waals surface area contributed by atoms with E-state index in [1.807, 2.05) is 18.2 Å². The zero-order valence-corrected chi connectivity index (χ0v) is 19.2. The van der Waals surface area contributed by atoms with E-state index in [0.29, 0.717) is 6.54 Å². The van der Waals surface area contributed by atoms with Gasteiger partial charge in [-0.25, -0.2) is 0 Å². The van der Waals surface area contributed by atoms with E-state index in [0.717, 1.165) is 67.5 Å². The maximum Gasteiger partial charge on any atom is 0.230 e. The molecule has 1 N–H and O–H groups in total. The summed E-state index contributed by atoms with van der Waals surface area (Å²) in [7, 11) is 1.67. The van der Waals surface area contributed by atoms with Gasteiger partial charge in [0.15, 0.2) is 0 Å². The van der Waals surface area contributed by atoms with Crippen LogP contribution in [0.15, 0.2) is 53.0 Å². The molecule has 1 saturated heterocycles. The van der Waals surface area contributed by atoms with Gasteiger partial charge in [0.2, 0.25) is 5.91 Å². The number of hydrogen-bond acceptors (Lipinski definition) is 3. The van der Waals surface area contributed by atoms with E-state index in [4.69, 9.17) is 9.47 Å². The average Bonchev–Trinajstić information content (AvgIpc) is 3.30. The van der Waals surface area contributed by atoms with E-state index in [1.54, 1.807) is 7.11 Å². The first-order chi connectivity index (χ1) is 14.6. The molecule has 2 aliphatic rings. The molecule has 0 spiro atoms. The minimum atomic E-state index is -0.458. The molecule has 2 aromatic rings. The highest BCUT2D eigenvalue weighted by molar-refractivity contribution is 9.10. The third-order valence-electron chi connectivity index (χ3n) is 7.01. The van der Waals surface area contributed by atoms with Crippen molar-refractivity contribution in [3.8, 4) is 5.75 Å². The summed E-state index contributed by atoms with van der Waals surface area (Å²) >= 11 is 3.53. The second-order valence-corrected chi connectivity index (χ2v) is 9.52. The Morgan fingerprint density at radius 1 is 1.03 bits per heavy atom. The number of benzene rings is 2. The molecule has 4 rings (SSSR count). The van der Waals surface area contributed by atoms with Crippen molar-refractivity contribution in [2.45, 2.75) is 49.4 Å². The molecular weight excluding hydrogens is 442 g/mol. The van der Waals surface area contributed by atoms with Crippen LogP contribution in [0.3, 0.4) is 0 Å². The summed E-state index contributed by atoms with van der Waals surface area (Å²) in [6.07, 6.45) is 5.77. The largest absolute Gasteiger partial charge is 0.497 e. The van der Waals surface area contributed by atoms with E-state index in [1.165, 1.54) is 5.56 Å². The van der Waals surface area contributed by atoms with Gasteiger partial charge < -0.3 is 14.8 Å². The van der Waals surface area contributed by atoms with Crippen LogP contribution in [0, 0.1) is 0 Å². The topological polar surface area (TPSA) is 47.6 Å². The van der Waals surface area contributed by atoms with Crippen LogP contribution in [0.2, 0.25) is 0 Å². The number of halogens is 1. The third kappa shape index (κ3) is 4.15. The summed E-state index contributed by atoms with van der Waals surface area (Å²) in [5.41, 5.74) is 1.81. The van der Waals surface area contributed by atoms with Gasteiger partial charge in [0, 0.05) is 29.6 Å². The molecule has 0 radical (unpaired) electrons. The van der Waals surface area contributed by atoms with Gasteiger partial charge in [0.05, 0.1) is 12.5 Å². The molecule has 0 bridgehead atoms. The number of methoxy groups -OCH3 is 1. The summed E-state index contributed by atoms with van der Waals surface area (Å²) in [6, 6.07) is 16.6. The first-order valence-corrected chi connectivity index (χ1v) is 11.6. The molecule has 1 heterocycles. The summed E-state index contributed by atoms with van der Waals surface area (Å²) in [6.45, 7) is 2.10. The lowest BCUT2D eigenvalue weighted by atomic mass is 9.73. The Bertz CT molecular complexity index is 868. The smallest absolute Gasteiger partial charge is 0.230 e. The molecule has 30 heavy (non-hydrogen) atoms. The molecule has 1 aliphatic carbocycles. The summed E-state index contributed by atoms with van der Waals surface area (Å²) in [5.74, 6) is 0.957. The predicted molar refractivity (Wildman–Crippen MR) is 122 cm³/mol. The van der Waals surface area contributed by atoms with Crippen molar-refractivity contribution in [3.63, 3.8) is 0 Å². The lowest BCUT2D eigenvalue weighted by molar-refractivity contribution is -0.127. The number of rotatable bonds is 6. The maximum atomic E-state index is 13.6. The maximum absolute atomic E-state index is 13.6. The van der Waals surface area contributed by atoms with Crippen LogP contribution in [0.1, 0.15) is 49.7 Å². The first-order valence-electron chi connectivity index (χ1n) is 10.8. The van der Waals surface area contributed by atoms with Crippen LogP contribution in [-0.2, 0) is 20.4 Å². The molecule has 2 aromatic carbocycles. The monoisotopic (exact) mass is 471 g/mol. The fourth-order valence-corrected chi connectivity index (χ4v) is 5.36. The molecule has 1 aliphatic heterocycles. The van der Waals surface area contributed by atoms with Crippen LogP contribution < -0.4 is 10.1 Å². The van der Waals surface area contributed by atoms with Crippen molar-refractivity contribution < 1.29 is 14.3 Å². The van der Waals surface area contributed by atoms with Crippen LogP contribution in [0.5, 0.6) is 5.75 Å². The summed E-state index contributed by atoms with van der Waals surface area (Å²) in [4.78, 5) is 13.6. The minimum Gasteiger partial charge on any atom is -0.497 e. The summed E-state index contributed by atoms with van der Waals surface area (Å²) < 4.78 is 12.2. The highest BCUT2D eigenvalue weighted by Gasteiger charge is 2.44. The lowest BCUT2D eigenvalue weighted by Crippen LogP contribution is -2.50. The highest BCUT2D eigenvalue weighted by Crippen LogP contribution is 2.43. The minimum absolute atomic E-state index is 0.0806. The van der Waals surface area contributed by atoms with Crippen molar-refractivity contribution in [2.24, 2.45) is 0 Å². The molecule has 0 atom stereocenters. The molecule has 0 unspecified atom stereocenters. The van der Waals surface area contributed by atoms with Gasteiger partial charge in [0.1, 0.15) is 5.75 Å². The third-order valence-corrected chi connectivity index (χ3v) is 7.54. The highest BCUT2D eigenvalue weighted by atomic mass is 79.9. The van der Waals surface area contributed by atoms with Crippen molar-refractivity contribution in [3.05, 3.63) is 64.1 Å². The number of carbonyl (C=O) groups excluding carboxylic acids is 1. The van der Waals surface area contributed by atoms with Crippen LogP contribution in [0.25, 0.3) is 0 Å². The molecule has 5 heteroatoms. The Morgan fingerprint density at radius 2 is 1.73 bits per heavy atom. The second-order valence-electron chi connectivity index (χ2n) is 8.60. The number of hydrogen-bond donors (Lipinski definition) is 1. The molecule has 1 saturated carbocycles. The Balaban J connectivity index is 1.58. The van der Waals surface area contributed by atoms with Gasteiger partial charge >= 0.3 is 0 Å². The predicted octanol–water partition coefficient (Wildman–Crippen LogP) is 5.13. The Kier molecular flexibility index (Phi) is 6.49. The molecular formula is C25H30BrNO3. The number of ether oxygens (including phenoxy) is 2. The van der Waals surface area contributed by atoms with Crippen LogP contribution in [-0.4, -0.2) is 32.8 Å². The van der Waals surface area contributed by atoms with Gasteiger partial charge in [-0.05, 0) is 61.1 Å². The fourth-order valence-electron chi connectivity index (χ4n) is 5.10. The molecule has 0 aromatic heterocycles. The second kappa shape index (κ2) is 9.11. The van der Waals surface area contributed by atoms with Crippen LogP contribution in [0.4, 0.5) is 0 Å². The van der Waals surface area contributed by atoms with E-state index >= 15 is 0 Å². The van der Waals surface area contributed by atoms with E-state index < -0.39 is 5.41 Å². The molecule has 4 nitrogen and oxygen atoms in total. The van der Waals surface area contributed by atoms with Crippen molar-refractivity contribution >= 4 is 21.8 Å². The molecule has 2 fully saturated rings. The van der Waals surface area contributed by atoms with Gasteiger partial charge in [-0.3, -0.25) is 4.79 Å². The molecule has 1 amide bonds.